The van der Waals surface area contributed by atoms with Crippen molar-refractivity contribution in [3.8, 4) is 0 Å². The van der Waals surface area contributed by atoms with Gasteiger partial charge in [-0.3, -0.25) is 24.7 Å². The molecule has 1 aromatic heterocycles. The first-order valence-corrected chi connectivity index (χ1v) is 14.8. The lowest BCUT2D eigenvalue weighted by Gasteiger charge is -2.37. The highest BCUT2D eigenvalue weighted by molar-refractivity contribution is 5.93. The first-order valence-electron chi connectivity index (χ1n) is 14.8. The number of aliphatic hydroxyl groups is 1. The van der Waals surface area contributed by atoms with E-state index in [0.29, 0.717) is 11.1 Å². The lowest BCUT2D eigenvalue weighted by atomic mass is 9.95. The van der Waals surface area contributed by atoms with E-state index >= 15 is 8.78 Å². The Labute approximate surface area is 266 Å². The first kappa shape index (κ1) is 33.9. The van der Waals surface area contributed by atoms with E-state index in [4.69, 9.17) is 4.74 Å². The Balaban J connectivity index is 1.80. The molecule has 0 unspecified atom stereocenters. The summed E-state index contributed by atoms with van der Waals surface area (Å²) in [5.41, 5.74) is 1.34. The van der Waals surface area contributed by atoms with Gasteiger partial charge in [-0.2, -0.15) is 8.78 Å². The van der Waals surface area contributed by atoms with Crippen molar-refractivity contribution < 1.29 is 33.0 Å². The van der Waals surface area contributed by atoms with Crippen LogP contribution in [-0.4, -0.2) is 58.5 Å². The molecule has 0 aliphatic rings. The van der Waals surface area contributed by atoms with Crippen LogP contribution in [0.2, 0.25) is 0 Å². The van der Waals surface area contributed by atoms with Crippen LogP contribution in [0.5, 0.6) is 0 Å². The molecule has 3 aromatic carbocycles. The van der Waals surface area contributed by atoms with Gasteiger partial charge in [0.25, 0.3) is 5.91 Å². The fourth-order valence-corrected chi connectivity index (χ4v) is 5.06. The monoisotopic (exact) mass is 630 g/mol. The van der Waals surface area contributed by atoms with Gasteiger partial charge in [-0.1, -0.05) is 91.0 Å². The molecule has 4 rings (SSSR count). The number of carbonyl (C=O) groups is 3. The average molecular weight is 631 g/mol. The fraction of sp³-hybridized carbons (Fsp3) is 0.257. The van der Waals surface area contributed by atoms with E-state index in [1.54, 1.807) is 85.8 Å². The second-order valence-electron chi connectivity index (χ2n) is 10.4. The third-order valence-electron chi connectivity index (χ3n) is 7.28. The second kappa shape index (κ2) is 16.4. The maximum absolute atomic E-state index is 16.9. The molecule has 0 aliphatic carbocycles. The predicted molar refractivity (Wildman–Crippen MR) is 167 cm³/mol. The van der Waals surface area contributed by atoms with Crippen molar-refractivity contribution in [1.82, 2.24) is 20.5 Å². The van der Waals surface area contributed by atoms with Crippen LogP contribution in [0.1, 0.15) is 47.3 Å². The highest BCUT2D eigenvalue weighted by Gasteiger charge is 2.53. The molecule has 240 valence electrons. The number of aliphatic hydroxyl groups excluding tert-OH is 1. The first-order chi connectivity index (χ1) is 22.3. The van der Waals surface area contributed by atoms with Crippen LogP contribution < -0.4 is 10.6 Å². The Kier molecular flexibility index (Phi) is 12.0. The van der Waals surface area contributed by atoms with E-state index in [-0.39, 0.29) is 24.3 Å². The summed E-state index contributed by atoms with van der Waals surface area (Å²) in [5.74, 6) is -7.37. The lowest BCUT2D eigenvalue weighted by molar-refractivity contribution is -0.168. The minimum absolute atomic E-state index is 0.0824. The number of ether oxygens (including phenoxy) is 1. The van der Waals surface area contributed by atoms with E-state index in [1.807, 2.05) is 0 Å². The number of halogens is 2. The van der Waals surface area contributed by atoms with Crippen LogP contribution in [0.4, 0.5) is 8.78 Å². The smallest absolute Gasteiger partial charge is 0.343 e. The number of aromatic nitrogens is 1. The number of rotatable bonds is 15. The van der Waals surface area contributed by atoms with Crippen molar-refractivity contribution >= 4 is 17.8 Å². The molecule has 11 heteroatoms. The van der Waals surface area contributed by atoms with Gasteiger partial charge in [0.1, 0.15) is 18.6 Å². The number of nitrogens with one attached hydrogen (secondary N) is 2. The van der Waals surface area contributed by atoms with Crippen LogP contribution >= 0.6 is 0 Å². The van der Waals surface area contributed by atoms with Crippen molar-refractivity contribution in [2.24, 2.45) is 0 Å². The Bertz CT molecular complexity index is 1550. The van der Waals surface area contributed by atoms with Gasteiger partial charge in [-0.25, -0.2) is 0 Å². The van der Waals surface area contributed by atoms with E-state index in [1.165, 1.54) is 36.7 Å². The molecule has 0 aliphatic heterocycles. The van der Waals surface area contributed by atoms with E-state index in [9.17, 15) is 19.5 Å². The topological polar surface area (TPSA) is 121 Å². The molecular formula is C35H36F2N4O5. The highest BCUT2D eigenvalue weighted by atomic mass is 19.3. The van der Waals surface area contributed by atoms with Crippen LogP contribution in [0.15, 0.2) is 116 Å². The molecule has 46 heavy (non-hydrogen) atoms. The molecular weight excluding hydrogens is 594 g/mol. The zero-order chi connectivity index (χ0) is 32.9. The number of nitrogens with zero attached hydrogens (tertiary/aromatic N) is 2. The van der Waals surface area contributed by atoms with Gasteiger partial charge < -0.3 is 20.1 Å². The number of hydrogen-bond donors (Lipinski definition) is 3. The number of esters is 1. The van der Waals surface area contributed by atoms with Crippen molar-refractivity contribution in [3.05, 3.63) is 138 Å². The summed E-state index contributed by atoms with van der Waals surface area (Å²) >= 11 is 0. The Hall–Kier alpha value is -5.00. The average Bonchev–Trinajstić information content (AvgIpc) is 3.09. The molecule has 0 radical (unpaired) electrons. The number of amides is 2. The molecule has 1 heterocycles. The van der Waals surface area contributed by atoms with Crippen molar-refractivity contribution in [1.29, 1.82) is 0 Å². The molecule has 9 nitrogen and oxygen atoms in total. The van der Waals surface area contributed by atoms with Gasteiger partial charge in [-0.05, 0) is 41.3 Å². The van der Waals surface area contributed by atoms with Gasteiger partial charge in [0, 0.05) is 18.9 Å². The molecule has 2 amide bonds. The van der Waals surface area contributed by atoms with Gasteiger partial charge in [-0.15, -0.1) is 0 Å². The number of benzene rings is 3. The number of pyridine rings is 1. The lowest BCUT2D eigenvalue weighted by Crippen LogP contribution is -2.54. The van der Waals surface area contributed by atoms with Crippen LogP contribution in [0.25, 0.3) is 0 Å². The largest absolute Gasteiger partial charge is 0.465 e. The van der Waals surface area contributed by atoms with Gasteiger partial charge in [0.2, 0.25) is 5.91 Å². The third-order valence-corrected chi connectivity index (χ3v) is 7.28. The summed E-state index contributed by atoms with van der Waals surface area (Å²) in [7, 11) is 0. The van der Waals surface area contributed by atoms with Crippen molar-refractivity contribution in [2.45, 2.75) is 37.5 Å². The SMILES string of the molecule is CCOC(=O)CNC(=O)[C@H](c1ccncc1)N(Cc1ccccc1)C(=O)C(F)(F)[C@@H](N[C@@H](CO)c1ccccc1)c1ccccc1. The minimum atomic E-state index is -4.15. The normalized spacial score (nSPS) is 13.2. The number of carbonyl (C=O) groups excluding carboxylic acids is 3. The minimum Gasteiger partial charge on any atom is -0.465 e. The summed E-state index contributed by atoms with van der Waals surface area (Å²) < 4.78 is 38.8. The Morgan fingerprint density at radius 1 is 0.848 bits per heavy atom. The van der Waals surface area contributed by atoms with Gasteiger partial charge in [0.05, 0.1) is 19.3 Å². The summed E-state index contributed by atoms with van der Waals surface area (Å²) in [5, 5.41) is 15.5. The van der Waals surface area contributed by atoms with Crippen LogP contribution in [0.3, 0.4) is 0 Å². The molecule has 0 bridgehead atoms. The maximum atomic E-state index is 16.9. The van der Waals surface area contributed by atoms with Crippen molar-refractivity contribution in [3.63, 3.8) is 0 Å². The quantitative estimate of drug-likeness (QED) is 0.165. The number of hydrogen-bond acceptors (Lipinski definition) is 7. The second-order valence-corrected chi connectivity index (χ2v) is 10.4. The zero-order valence-corrected chi connectivity index (χ0v) is 25.3. The molecule has 0 saturated heterocycles. The van der Waals surface area contributed by atoms with Gasteiger partial charge in [0.15, 0.2) is 0 Å². The molecule has 4 aromatic rings. The molecule has 0 saturated carbocycles. The highest BCUT2D eigenvalue weighted by Crippen LogP contribution is 2.38. The van der Waals surface area contributed by atoms with Crippen LogP contribution in [0, 0.1) is 0 Å². The predicted octanol–water partition coefficient (Wildman–Crippen LogP) is 4.53. The van der Waals surface area contributed by atoms with E-state index < -0.39 is 55.0 Å². The molecule has 0 fully saturated rings. The maximum Gasteiger partial charge on any atom is 0.343 e. The number of alkyl halides is 2. The summed E-state index contributed by atoms with van der Waals surface area (Å²) in [6, 6.07) is 23.2. The van der Waals surface area contributed by atoms with E-state index in [2.05, 4.69) is 15.6 Å². The summed E-state index contributed by atoms with van der Waals surface area (Å²) in [4.78, 5) is 44.9. The summed E-state index contributed by atoms with van der Waals surface area (Å²) in [6.45, 7) is 0.276. The van der Waals surface area contributed by atoms with Crippen molar-refractivity contribution in [2.75, 3.05) is 19.8 Å². The summed E-state index contributed by atoms with van der Waals surface area (Å²) in [6.07, 6.45) is 2.76. The van der Waals surface area contributed by atoms with E-state index in [0.717, 1.165) is 4.90 Å². The third kappa shape index (κ3) is 8.58. The molecule has 3 atom stereocenters. The molecule has 0 spiro atoms. The molecule has 3 N–H and O–H groups in total. The zero-order valence-electron chi connectivity index (χ0n) is 25.3. The van der Waals surface area contributed by atoms with Crippen LogP contribution in [-0.2, 0) is 25.7 Å². The fourth-order valence-electron chi connectivity index (χ4n) is 5.06. The Morgan fingerprint density at radius 3 is 1.98 bits per heavy atom. The van der Waals surface area contributed by atoms with Gasteiger partial charge >= 0.3 is 11.9 Å². The Morgan fingerprint density at radius 2 is 1.41 bits per heavy atom. The standard InChI is InChI=1S/C35H36F2N4O5/c1-2-46-30(43)22-39-33(44)31(27-18-20-38-21-19-27)41(23-25-12-6-3-7-13-25)34(45)35(36,37)32(28-16-10-5-11-17-28)40-29(24-42)26-14-8-4-9-15-26/h3-21,29,31-32,40,42H,2,22-24H2,1H3,(H,39,44)/t29-,31-,32-/m0/s1.